The summed E-state index contributed by atoms with van der Waals surface area (Å²) in [5.74, 6) is 1.31. The highest BCUT2D eigenvalue weighted by Crippen LogP contribution is 2.35. The lowest BCUT2D eigenvalue weighted by Crippen LogP contribution is -2.25. The maximum absolute atomic E-state index is 12.7. The zero-order valence-corrected chi connectivity index (χ0v) is 17.4. The van der Waals surface area contributed by atoms with E-state index < -0.39 is 0 Å². The van der Waals surface area contributed by atoms with Crippen LogP contribution in [0.3, 0.4) is 0 Å². The number of hydrogen-bond acceptors (Lipinski definition) is 6. The normalized spacial score (nSPS) is 12.1. The van der Waals surface area contributed by atoms with Crippen molar-refractivity contribution in [2.45, 2.75) is 32.8 Å². The van der Waals surface area contributed by atoms with E-state index in [1.165, 1.54) is 16.9 Å². The fraction of sp³-hybridized carbons (Fsp3) is 0.381. The van der Waals surface area contributed by atoms with Gasteiger partial charge >= 0.3 is 0 Å². The van der Waals surface area contributed by atoms with Gasteiger partial charge in [-0.05, 0) is 30.4 Å². The number of rotatable bonds is 8. The average Bonchev–Trinajstić information content (AvgIpc) is 3.04. The number of nitrogens with one attached hydrogen (secondary N) is 1. The zero-order valence-electron chi connectivity index (χ0n) is 16.6. The van der Waals surface area contributed by atoms with Gasteiger partial charge in [0.1, 0.15) is 11.4 Å². The van der Waals surface area contributed by atoms with E-state index in [-0.39, 0.29) is 5.91 Å². The maximum atomic E-state index is 12.7. The Morgan fingerprint density at radius 3 is 2.64 bits per heavy atom. The minimum absolute atomic E-state index is 0.0869. The number of amides is 1. The minimum atomic E-state index is -0.0869. The minimum Gasteiger partial charge on any atom is -0.480 e. The second-order valence-electron chi connectivity index (χ2n) is 6.67. The van der Waals surface area contributed by atoms with E-state index in [9.17, 15) is 4.79 Å². The van der Waals surface area contributed by atoms with Crippen LogP contribution in [-0.2, 0) is 11.3 Å². The number of ether oxygens (including phenoxy) is 2. The molecule has 0 aliphatic carbocycles. The van der Waals surface area contributed by atoms with Crippen LogP contribution in [0.2, 0.25) is 0 Å². The highest BCUT2D eigenvalue weighted by molar-refractivity contribution is 7.20. The summed E-state index contributed by atoms with van der Waals surface area (Å²) in [7, 11) is 3.16. The summed E-state index contributed by atoms with van der Waals surface area (Å²) in [6.07, 6.45) is 0.876. The van der Waals surface area contributed by atoms with E-state index in [4.69, 9.17) is 9.47 Å². The van der Waals surface area contributed by atoms with E-state index >= 15 is 0 Å². The summed E-state index contributed by atoms with van der Waals surface area (Å²) >= 11 is 1.36. The molecule has 3 rings (SSSR count). The van der Waals surface area contributed by atoms with Crippen LogP contribution >= 0.6 is 11.3 Å². The van der Waals surface area contributed by atoms with Gasteiger partial charge in [0.15, 0.2) is 5.82 Å². The van der Waals surface area contributed by atoms with E-state index in [1.807, 2.05) is 25.1 Å². The van der Waals surface area contributed by atoms with Crippen LogP contribution in [0.15, 0.2) is 30.3 Å². The second-order valence-corrected chi connectivity index (χ2v) is 7.67. The fourth-order valence-corrected chi connectivity index (χ4v) is 4.24. The Hall–Kier alpha value is -2.51. The summed E-state index contributed by atoms with van der Waals surface area (Å²) in [6, 6.07) is 10.3. The number of carbonyl (C=O) groups excluding carboxylic acids is 1. The summed E-state index contributed by atoms with van der Waals surface area (Å²) in [5, 5.41) is 3.82. The number of nitrogens with zero attached hydrogens (tertiary/aromatic N) is 2. The van der Waals surface area contributed by atoms with Crippen molar-refractivity contribution in [3.8, 4) is 5.88 Å². The van der Waals surface area contributed by atoms with Crippen LogP contribution in [0.5, 0.6) is 5.88 Å². The van der Waals surface area contributed by atoms with Crippen LogP contribution in [-0.4, -0.2) is 36.6 Å². The Morgan fingerprint density at radius 2 is 1.96 bits per heavy atom. The van der Waals surface area contributed by atoms with Gasteiger partial charge < -0.3 is 14.8 Å². The molecule has 1 amide bonds. The van der Waals surface area contributed by atoms with Gasteiger partial charge in [0.25, 0.3) is 5.91 Å². The van der Waals surface area contributed by atoms with Crippen molar-refractivity contribution in [3.63, 3.8) is 0 Å². The Kier molecular flexibility index (Phi) is 6.59. The number of thiophene rings is 1. The molecular formula is C21H25N3O3S. The molecule has 2 heterocycles. The average molecular weight is 400 g/mol. The van der Waals surface area contributed by atoms with Gasteiger partial charge in [-0.3, -0.25) is 4.79 Å². The predicted octanol–water partition coefficient (Wildman–Crippen LogP) is 4.08. The van der Waals surface area contributed by atoms with E-state index in [0.29, 0.717) is 35.7 Å². The Labute approximate surface area is 168 Å². The monoisotopic (exact) mass is 399 g/mol. The van der Waals surface area contributed by atoms with Gasteiger partial charge in [-0.15, -0.1) is 11.3 Å². The number of carbonyl (C=O) groups is 1. The van der Waals surface area contributed by atoms with Crippen molar-refractivity contribution >= 4 is 27.5 Å². The third-order valence-corrected chi connectivity index (χ3v) is 5.89. The van der Waals surface area contributed by atoms with Crippen molar-refractivity contribution in [1.82, 2.24) is 15.3 Å². The molecule has 28 heavy (non-hydrogen) atoms. The molecule has 0 bridgehead atoms. The van der Waals surface area contributed by atoms with Gasteiger partial charge in [0.2, 0.25) is 5.88 Å². The number of hydrogen-bond donors (Lipinski definition) is 1. The number of aromatic nitrogens is 2. The van der Waals surface area contributed by atoms with Crippen molar-refractivity contribution in [3.05, 3.63) is 52.2 Å². The SMILES string of the molecule is COCc1nc(OC)c2c(C)c(C(=O)NCCC(C)c3ccccc3)sc2n1. The predicted molar refractivity (Wildman–Crippen MR) is 111 cm³/mol. The quantitative estimate of drug-likeness (QED) is 0.618. The zero-order chi connectivity index (χ0) is 20.1. The van der Waals surface area contributed by atoms with Crippen LogP contribution < -0.4 is 10.1 Å². The van der Waals surface area contributed by atoms with E-state index in [0.717, 1.165) is 22.2 Å². The van der Waals surface area contributed by atoms with Crippen molar-refractivity contribution in [1.29, 1.82) is 0 Å². The molecule has 6 nitrogen and oxygen atoms in total. The lowest BCUT2D eigenvalue weighted by Gasteiger charge is -2.12. The Bertz CT molecular complexity index is 956. The molecule has 3 aromatic rings. The lowest BCUT2D eigenvalue weighted by molar-refractivity contribution is 0.0956. The standard InChI is InChI=1S/C21H25N3O3S/c1-13(15-8-6-5-7-9-15)10-11-22-19(25)18-14(2)17-20(27-4)23-16(12-26-3)24-21(17)28-18/h5-9,13H,10-12H2,1-4H3,(H,22,25). The molecule has 0 fully saturated rings. The fourth-order valence-electron chi connectivity index (χ4n) is 3.13. The first-order valence-electron chi connectivity index (χ1n) is 9.21. The van der Waals surface area contributed by atoms with E-state index in [1.54, 1.807) is 14.2 Å². The van der Waals surface area contributed by atoms with Crippen molar-refractivity contribution in [2.24, 2.45) is 0 Å². The molecule has 0 aliphatic heterocycles. The van der Waals surface area contributed by atoms with Crippen LogP contribution in [0.25, 0.3) is 10.2 Å². The molecule has 148 valence electrons. The summed E-state index contributed by atoms with van der Waals surface area (Å²) < 4.78 is 10.5. The van der Waals surface area contributed by atoms with Crippen molar-refractivity contribution in [2.75, 3.05) is 20.8 Å². The van der Waals surface area contributed by atoms with Crippen LogP contribution in [0.4, 0.5) is 0 Å². The largest absolute Gasteiger partial charge is 0.480 e. The molecule has 0 aliphatic rings. The van der Waals surface area contributed by atoms with Gasteiger partial charge in [0, 0.05) is 13.7 Å². The molecule has 7 heteroatoms. The van der Waals surface area contributed by atoms with Crippen LogP contribution in [0.1, 0.15) is 45.9 Å². The van der Waals surface area contributed by atoms with Crippen molar-refractivity contribution < 1.29 is 14.3 Å². The van der Waals surface area contributed by atoms with Gasteiger partial charge in [0.05, 0.1) is 17.4 Å². The maximum Gasteiger partial charge on any atom is 0.261 e. The highest BCUT2D eigenvalue weighted by atomic mass is 32.1. The van der Waals surface area contributed by atoms with Gasteiger partial charge in [-0.25, -0.2) is 4.98 Å². The van der Waals surface area contributed by atoms with Gasteiger partial charge in [-0.1, -0.05) is 37.3 Å². The van der Waals surface area contributed by atoms with Gasteiger partial charge in [-0.2, -0.15) is 4.98 Å². The lowest BCUT2D eigenvalue weighted by atomic mass is 9.98. The van der Waals surface area contributed by atoms with Crippen LogP contribution in [0, 0.1) is 6.92 Å². The first kappa shape index (κ1) is 20.2. The third kappa shape index (κ3) is 4.31. The highest BCUT2D eigenvalue weighted by Gasteiger charge is 2.21. The Morgan fingerprint density at radius 1 is 1.21 bits per heavy atom. The number of benzene rings is 1. The molecule has 0 saturated carbocycles. The molecule has 0 saturated heterocycles. The number of aryl methyl sites for hydroxylation is 1. The molecule has 0 spiro atoms. The first-order valence-corrected chi connectivity index (χ1v) is 10.0. The number of methoxy groups -OCH3 is 2. The molecular weight excluding hydrogens is 374 g/mol. The second kappa shape index (κ2) is 9.12. The smallest absolute Gasteiger partial charge is 0.261 e. The summed E-state index contributed by atoms with van der Waals surface area (Å²) in [4.78, 5) is 23.0. The molecule has 1 aromatic carbocycles. The first-order chi connectivity index (χ1) is 13.5. The topological polar surface area (TPSA) is 73.3 Å². The summed E-state index contributed by atoms with van der Waals surface area (Å²) in [6.45, 7) is 4.98. The molecule has 2 aromatic heterocycles. The molecule has 1 atom stereocenters. The molecule has 0 radical (unpaired) electrons. The molecule has 1 N–H and O–H groups in total. The Balaban J connectivity index is 1.73. The third-order valence-electron chi connectivity index (χ3n) is 4.71. The molecule has 1 unspecified atom stereocenters. The van der Waals surface area contributed by atoms with E-state index in [2.05, 4.69) is 34.3 Å². The number of fused-ring (bicyclic) bond motifs is 1. The summed E-state index contributed by atoms with van der Waals surface area (Å²) in [5.41, 5.74) is 2.12.